The van der Waals surface area contributed by atoms with Crippen LogP contribution in [0.4, 0.5) is 4.79 Å². The summed E-state index contributed by atoms with van der Waals surface area (Å²) in [7, 11) is 0. The molecule has 1 aliphatic heterocycles. The summed E-state index contributed by atoms with van der Waals surface area (Å²) in [6.45, 7) is 5.49. The van der Waals surface area contributed by atoms with Crippen LogP contribution in [0, 0.1) is 0 Å². The molecule has 0 bridgehead atoms. The molecule has 0 radical (unpaired) electrons. The standard InChI is InChI=1S/C16H31N3O/c1-2-11-19(16(14-17)9-5-6-10-16)15(20)18-12-7-3-4-8-13-18/h2-14,17H2,1H3. The van der Waals surface area contributed by atoms with Crippen molar-refractivity contribution in [3.8, 4) is 0 Å². The van der Waals surface area contributed by atoms with Gasteiger partial charge in [-0.05, 0) is 32.1 Å². The zero-order chi connectivity index (χ0) is 14.4. The molecule has 1 heterocycles. The lowest BCUT2D eigenvalue weighted by molar-refractivity contribution is 0.0901. The van der Waals surface area contributed by atoms with Crippen LogP contribution in [0.2, 0.25) is 0 Å². The van der Waals surface area contributed by atoms with E-state index in [-0.39, 0.29) is 11.6 Å². The molecule has 1 saturated carbocycles. The Hall–Kier alpha value is -0.770. The van der Waals surface area contributed by atoms with E-state index in [2.05, 4.69) is 16.7 Å². The molecule has 2 aliphatic rings. The fraction of sp³-hybridized carbons (Fsp3) is 0.938. The topological polar surface area (TPSA) is 49.6 Å². The Morgan fingerprint density at radius 3 is 2.20 bits per heavy atom. The SMILES string of the molecule is CCCN(C(=O)N1CCCCCC1)C1(CN)CCCC1. The van der Waals surface area contributed by atoms with Gasteiger partial charge in [-0.25, -0.2) is 4.79 Å². The first-order valence-electron chi connectivity index (χ1n) is 8.50. The second kappa shape index (κ2) is 7.30. The van der Waals surface area contributed by atoms with Crippen molar-refractivity contribution in [2.75, 3.05) is 26.2 Å². The lowest BCUT2D eigenvalue weighted by Crippen LogP contribution is -2.58. The Bertz CT molecular complexity index is 305. The maximum absolute atomic E-state index is 13.0. The summed E-state index contributed by atoms with van der Waals surface area (Å²) < 4.78 is 0. The molecule has 1 saturated heterocycles. The number of likely N-dealkylation sites (tertiary alicyclic amines) is 1. The third kappa shape index (κ3) is 3.27. The van der Waals surface area contributed by atoms with Crippen LogP contribution in [0.3, 0.4) is 0 Å². The smallest absolute Gasteiger partial charge is 0.320 e. The van der Waals surface area contributed by atoms with Crippen LogP contribution in [0.15, 0.2) is 0 Å². The highest BCUT2D eigenvalue weighted by Gasteiger charge is 2.41. The van der Waals surface area contributed by atoms with E-state index in [9.17, 15) is 4.79 Å². The zero-order valence-electron chi connectivity index (χ0n) is 13.1. The number of rotatable bonds is 4. The number of nitrogens with two attached hydrogens (primary N) is 1. The van der Waals surface area contributed by atoms with Gasteiger partial charge in [-0.3, -0.25) is 0 Å². The summed E-state index contributed by atoms with van der Waals surface area (Å²) in [6, 6.07) is 0.251. The number of urea groups is 1. The van der Waals surface area contributed by atoms with Crippen LogP contribution in [0.5, 0.6) is 0 Å². The lowest BCUT2D eigenvalue weighted by atomic mass is 9.95. The highest BCUT2D eigenvalue weighted by Crippen LogP contribution is 2.35. The van der Waals surface area contributed by atoms with E-state index in [0.29, 0.717) is 6.54 Å². The number of carbonyl (C=O) groups is 1. The zero-order valence-corrected chi connectivity index (χ0v) is 13.1. The van der Waals surface area contributed by atoms with Crippen molar-refractivity contribution in [1.29, 1.82) is 0 Å². The monoisotopic (exact) mass is 281 g/mol. The molecule has 1 aliphatic carbocycles. The van der Waals surface area contributed by atoms with Crippen LogP contribution < -0.4 is 5.73 Å². The first-order chi connectivity index (χ1) is 9.73. The summed E-state index contributed by atoms with van der Waals surface area (Å²) >= 11 is 0. The molecule has 2 amide bonds. The fourth-order valence-electron chi connectivity index (χ4n) is 3.81. The maximum Gasteiger partial charge on any atom is 0.320 e. The van der Waals surface area contributed by atoms with Crippen LogP contribution in [0.1, 0.15) is 64.7 Å². The third-order valence-electron chi connectivity index (χ3n) is 5.04. The number of amides is 2. The molecular weight excluding hydrogens is 250 g/mol. The van der Waals surface area contributed by atoms with Crippen molar-refractivity contribution in [3.05, 3.63) is 0 Å². The van der Waals surface area contributed by atoms with E-state index in [1.54, 1.807) is 0 Å². The molecule has 2 rings (SSSR count). The maximum atomic E-state index is 13.0. The molecule has 0 atom stereocenters. The minimum absolute atomic E-state index is 0.0562. The molecule has 0 aromatic rings. The lowest BCUT2D eigenvalue weighted by Gasteiger charge is -2.43. The summed E-state index contributed by atoms with van der Waals surface area (Å²) in [5.41, 5.74) is 6.03. The van der Waals surface area contributed by atoms with Crippen molar-refractivity contribution in [2.45, 2.75) is 70.3 Å². The number of hydrogen-bond donors (Lipinski definition) is 1. The van der Waals surface area contributed by atoms with Gasteiger partial charge in [0.15, 0.2) is 0 Å². The average molecular weight is 281 g/mol. The van der Waals surface area contributed by atoms with Gasteiger partial charge in [0.1, 0.15) is 0 Å². The second-order valence-electron chi connectivity index (χ2n) is 6.47. The highest BCUT2D eigenvalue weighted by molar-refractivity contribution is 5.75. The van der Waals surface area contributed by atoms with Crippen LogP contribution in [-0.4, -0.2) is 47.5 Å². The van der Waals surface area contributed by atoms with Crippen LogP contribution in [-0.2, 0) is 0 Å². The van der Waals surface area contributed by atoms with Gasteiger partial charge in [-0.1, -0.05) is 32.6 Å². The molecule has 0 spiro atoms. The number of nitrogens with zero attached hydrogens (tertiary/aromatic N) is 2. The predicted octanol–water partition coefficient (Wildman–Crippen LogP) is 2.97. The van der Waals surface area contributed by atoms with E-state index in [1.807, 2.05) is 0 Å². The highest BCUT2D eigenvalue weighted by atomic mass is 16.2. The number of hydrogen-bond acceptors (Lipinski definition) is 2. The first-order valence-corrected chi connectivity index (χ1v) is 8.50. The fourth-order valence-corrected chi connectivity index (χ4v) is 3.81. The molecule has 0 aromatic carbocycles. The van der Waals surface area contributed by atoms with Gasteiger partial charge >= 0.3 is 6.03 Å². The normalized spacial score (nSPS) is 22.6. The van der Waals surface area contributed by atoms with E-state index in [0.717, 1.165) is 51.7 Å². The molecule has 4 heteroatoms. The Morgan fingerprint density at radius 1 is 1.10 bits per heavy atom. The van der Waals surface area contributed by atoms with E-state index in [4.69, 9.17) is 5.73 Å². The Labute approximate surface area is 123 Å². The summed E-state index contributed by atoms with van der Waals surface area (Å²) in [5, 5.41) is 0. The molecule has 2 fully saturated rings. The second-order valence-corrected chi connectivity index (χ2v) is 6.47. The summed E-state index contributed by atoms with van der Waals surface area (Å²) in [6.07, 6.45) is 10.4. The first kappa shape index (κ1) is 15.6. The summed E-state index contributed by atoms with van der Waals surface area (Å²) in [5.74, 6) is 0. The quantitative estimate of drug-likeness (QED) is 0.861. The minimum atomic E-state index is -0.0562. The molecular formula is C16H31N3O. The van der Waals surface area contributed by atoms with E-state index < -0.39 is 0 Å². The van der Waals surface area contributed by atoms with Gasteiger partial charge in [0, 0.05) is 26.2 Å². The van der Waals surface area contributed by atoms with Crippen molar-refractivity contribution >= 4 is 6.03 Å². The molecule has 0 aromatic heterocycles. The van der Waals surface area contributed by atoms with Gasteiger partial charge < -0.3 is 15.5 Å². The average Bonchev–Trinajstić information content (AvgIpc) is 2.79. The Morgan fingerprint density at radius 2 is 1.70 bits per heavy atom. The van der Waals surface area contributed by atoms with Gasteiger partial charge in [-0.15, -0.1) is 0 Å². The van der Waals surface area contributed by atoms with Crippen molar-refractivity contribution in [1.82, 2.24) is 9.80 Å². The van der Waals surface area contributed by atoms with Crippen molar-refractivity contribution in [3.63, 3.8) is 0 Å². The molecule has 20 heavy (non-hydrogen) atoms. The van der Waals surface area contributed by atoms with Gasteiger partial charge in [0.05, 0.1) is 5.54 Å². The predicted molar refractivity (Wildman–Crippen MR) is 82.7 cm³/mol. The molecule has 116 valence electrons. The van der Waals surface area contributed by atoms with E-state index >= 15 is 0 Å². The molecule has 4 nitrogen and oxygen atoms in total. The Kier molecular flexibility index (Phi) is 5.70. The number of carbonyl (C=O) groups excluding carboxylic acids is 1. The molecule has 0 unspecified atom stereocenters. The molecule has 2 N–H and O–H groups in total. The van der Waals surface area contributed by atoms with E-state index in [1.165, 1.54) is 25.7 Å². The van der Waals surface area contributed by atoms with Crippen molar-refractivity contribution in [2.24, 2.45) is 5.73 Å². The Balaban J connectivity index is 2.11. The van der Waals surface area contributed by atoms with Crippen LogP contribution >= 0.6 is 0 Å². The minimum Gasteiger partial charge on any atom is -0.328 e. The van der Waals surface area contributed by atoms with Crippen molar-refractivity contribution < 1.29 is 4.79 Å². The van der Waals surface area contributed by atoms with Crippen LogP contribution in [0.25, 0.3) is 0 Å². The largest absolute Gasteiger partial charge is 0.328 e. The third-order valence-corrected chi connectivity index (χ3v) is 5.04. The van der Waals surface area contributed by atoms with Gasteiger partial charge in [0.25, 0.3) is 0 Å². The summed E-state index contributed by atoms with van der Waals surface area (Å²) in [4.78, 5) is 17.2. The van der Waals surface area contributed by atoms with Gasteiger partial charge in [0.2, 0.25) is 0 Å². The van der Waals surface area contributed by atoms with Gasteiger partial charge in [-0.2, -0.15) is 0 Å².